The molecule has 0 saturated carbocycles. The Bertz CT molecular complexity index is 413. The maximum atomic E-state index is 5.28. The first-order chi connectivity index (χ1) is 9.36. The highest BCUT2D eigenvalue weighted by Gasteiger charge is 2.27. The number of piperidine rings is 1. The van der Waals surface area contributed by atoms with Gasteiger partial charge < -0.3 is 10.1 Å². The summed E-state index contributed by atoms with van der Waals surface area (Å²) >= 11 is 0. The zero-order valence-electron chi connectivity index (χ0n) is 11.8. The third-order valence-corrected chi connectivity index (χ3v) is 4.57. The van der Waals surface area contributed by atoms with Gasteiger partial charge in [0.05, 0.1) is 0 Å². The number of nitrogens with zero attached hydrogens (tertiary/aromatic N) is 1. The monoisotopic (exact) mass is 260 g/mol. The predicted molar refractivity (Wildman–Crippen MR) is 78.6 cm³/mol. The minimum Gasteiger partial charge on any atom is -0.384 e. The molecule has 3 rings (SSSR count). The number of fused-ring (bicyclic) bond motifs is 1. The Labute approximate surface area is 115 Å². The molecule has 3 heteroatoms. The van der Waals surface area contributed by atoms with E-state index in [1.165, 1.54) is 43.6 Å². The van der Waals surface area contributed by atoms with Crippen molar-refractivity contribution < 1.29 is 4.74 Å². The lowest BCUT2D eigenvalue weighted by atomic mass is 9.93. The number of ether oxygens (including phenoxy) is 1. The predicted octanol–water partition coefficient (Wildman–Crippen LogP) is 2.38. The lowest BCUT2D eigenvalue weighted by Gasteiger charge is -2.40. The van der Waals surface area contributed by atoms with E-state index in [0.717, 1.165) is 19.1 Å². The second-order valence-corrected chi connectivity index (χ2v) is 5.83. The lowest BCUT2D eigenvalue weighted by Crippen LogP contribution is -2.47. The van der Waals surface area contributed by atoms with Gasteiger partial charge >= 0.3 is 0 Å². The summed E-state index contributed by atoms with van der Waals surface area (Å²) in [6.07, 6.45) is 3.76. The van der Waals surface area contributed by atoms with Crippen LogP contribution in [-0.2, 0) is 11.2 Å². The van der Waals surface area contributed by atoms with Gasteiger partial charge in [0.2, 0.25) is 0 Å². The Kier molecular flexibility index (Phi) is 4.04. The summed E-state index contributed by atoms with van der Waals surface area (Å²) in [5.74, 6) is 0.769. The fourth-order valence-corrected chi connectivity index (χ4v) is 3.40. The van der Waals surface area contributed by atoms with Gasteiger partial charge in [-0.3, -0.25) is 4.90 Å². The van der Waals surface area contributed by atoms with E-state index in [1.807, 2.05) is 7.11 Å². The van der Waals surface area contributed by atoms with Crippen molar-refractivity contribution >= 4 is 5.69 Å². The fourth-order valence-electron chi connectivity index (χ4n) is 3.40. The van der Waals surface area contributed by atoms with Crippen LogP contribution in [0.4, 0.5) is 5.69 Å². The molecule has 104 valence electrons. The molecule has 0 spiro atoms. The van der Waals surface area contributed by atoms with Gasteiger partial charge in [-0.1, -0.05) is 18.2 Å². The van der Waals surface area contributed by atoms with Crippen LogP contribution in [0.15, 0.2) is 24.3 Å². The molecule has 1 aromatic carbocycles. The maximum absolute atomic E-state index is 5.28. The van der Waals surface area contributed by atoms with Crippen LogP contribution in [0, 0.1) is 5.92 Å². The third-order valence-electron chi connectivity index (χ3n) is 4.57. The van der Waals surface area contributed by atoms with E-state index >= 15 is 0 Å². The zero-order chi connectivity index (χ0) is 13.1. The van der Waals surface area contributed by atoms with Crippen molar-refractivity contribution in [2.75, 3.05) is 38.7 Å². The number of rotatable bonds is 3. The SMILES string of the molecule is COCC1CCN(C2CNc3ccccc3C2)CC1. The summed E-state index contributed by atoms with van der Waals surface area (Å²) in [7, 11) is 1.81. The van der Waals surface area contributed by atoms with Crippen molar-refractivity contribution in [2.45, 2.75) is 25.3 Å². The summed E-state index contributed by atoms with van der Waals surface area (Å²) in [5.41, 5.74) is 2.80. The van der Waals surface area contributed by atoms with Crippen LogP contribution >= 0.6 is 0 Å². The van der Waals surface area contributed by atoms with Gasteiger partial charge in [-0.15, -0.1) is 0 Å². The summed E-state index contributed by atoms with van der Waals surface area (Å²) in [5, 5.41) is 3.58. The minimum atomic E-state index is 0.665. The normalized spacial score (nSPS) is 24.8. The van der Waals surface area contributed by atoms with Crippen LogP contribution in [0.1, 0.15) is 18.4 Å². The number of hydrogen-bond acceptors (Lipinski definition) is 3. The second kappa shape index (κ2) is 5.93. The first-order valence-electron chi connectivity index (χ1n) is 7.41. The summed E-state index contributed by atoms with van der Waals surface area (Å²) in [6, 6.07) is 9.37. The molecule has 1 unspecified atom stereocenters. The van der Waals surface area contributed by atoms with Gasteiger partial charge in [-0.2, -0.15) is 0 Å². The number of anilines is 1. The Balaban J connectivity index is 1.57. The third kappa shape index (κ3) is 2.93. The van der Waals surface area contributed by atoms with Gasteiger partial charge in [0.1, 0.15) is 0 Å². The molecule has 0 amide bonds. The van der Waals surface area contributed by atoms with Crippen molar-refractivity contribution in [1.82, 2.24) is 4.90 Å². The first kappa shape index (κ1) is 12.9. The molecule has 2 aliphatic heterocycles. The molecule has 1 saturated heterocycles. The smallest absolute Gasteiger partial charge is 0.0491 e. The molecule has 1 atom stereocenters. The number of nitrogens with one attached hydrogen (secondary N) is 1. The Hall–Kier alpha value is -1.06. The Morgan fingerprint density at radius 2 is 2.05 bits per heavy atom. The van der Waals surface area contributed by atoms with Crippen LogP contribution in [0.3, 0.4) is 0 Å². The highest BCUT2D eigenvalue weighted by molar-refractivity contribution is 5.53. The number of hydrogen-bond donors (Lipinski definition) is 1. The minimum absolute atomic E-state index is 0.665. The van der Waals surface area contributed by atoms with Crippen molar-refractivity contribution in [2.24, 2.45) is 5.92 Å². The van der Waals surface area contributed by atoms with E-state index in [1.54, 1.807) is 0 Å². The number of methoxy groups -OCH3 is 1. The van der Waals surface area contributed by atoms with E-state index in [9.17, 15) is 0 Å². The van der Waals surface area contributed by atoms with Crippen molar-refractivity contribution in [3.63, 3.8) is 0 Å². The van der Waals surface area contributed by atoms with Gasteiger partial charge in [0.15, 0.2) is 0 Å². The van der Waals surface area contributed by atoms with Crippen molar-refractivity contribution in [3.8, 4) is 0 Å². The Morgan fingerprint density at radius 1 is 1.26 bits per heavy atom. The molecule has 0 radical (unpaired) electrons. The number of para-hydroxylation sites is 1. The van der Waals surface area contributed by atoms with Gasteiger partial charge in [-0.05, 0) is 49.9 Å². The van der Waals surface area contributed by atoms with Crippen LogP contribution < -0.4 is 5.32 Å². The highest BCUT2D eigenvalue weighted by atomic mass is 16.5. The second-order valence-electron chi connectivity index (χ2n) is 5.83. The molecule has 1 fully saturated rings. The van der Waals surface area contributed by atoms with Gasteiger partial charge in [0.25, 0.3) is 0 Å². The largest absolute Gasteiger partial charge is 0.384 e. The van der Waals surface area contributed by atoms with Crippen LogP contribution in [0.25, 0.3) is 0 Å². The topological polar surface area (TPSA) is 24.5 Å². The van der Waals surface area contributed by atoms with E-state index < -0.39 is 0 Å². The molecule has 2 aliphatic rings. The standard InChI is InChI=1S/C16H24N2O/c1-19-12-13-6-8-18(9-7-13)15-10-14-4-2-3-5-16(14)17-11-15/h2-5,13,15,17H,6-12H2,1H3. The summed E-state index contributed by atoms with van der Waals surface area (Å²) < 4.78 is 5.28. The van der Waals surface area contributed by atoms with Crippen molar-refractivity contribution in [3.05, 3.63) is 29.8 Å². The quantitative estimate of drug-likeness (QED) is 0.903. The molecule has 19 heavy (non-hydrogen) atoms. The molecule has 0 bridgehead atoms. The summed E-state index contributed by atoms with van der Waals surface area (Å²) in [4.78, 5) is 2.66. The van der Waals surface area contributed by atoms with Crippen LogP contribution in [0.5, 0.6) is 0 Å². The van der Waals surface area contributed by atoms with E-state index in [4.69, 9.17) is 4.74 Å². The molecule has 1 aromatic rings. The first-order valence-corrected chi connectivity index (χ1v) is 7.41. The molecular weight excluding hydrogens is 236 g/mol. The molecule has 0 aliphatic carbocycles. The number of benzene rings is 1. The van der Waals surface area contributed by atoms with Crippen LogP contribution in [-0.4, -0.2) is 44.3 Å². The molecule has 1 N–H and O–H groups in total. The van der Waals surface area contributed by atoms with Gasteiger partial charge in [-0.25, -0.2) is 0 Å². The molecule has 2 heterocycles. The van der Waals surface area contributed by atoms with Gasteiger partial charge in [0, 0.05) is 32.0 Å². The summed E-state index contributed by atoms with van der Waals surface area (Å²) in [6.45, 7) is 4.47. The fraction of sp³-hybridized carbons (Fsp3) is 0.625. The maximum Gasteiger partial charge on any atom is 0.0491 e. The molecule has 0 aromatic heterocycles. The highest BCUT2D eigenvalue weighted by Crippen LogP contribution is 2.26. The Morgan fingerprint density at radius 3 is 2.84 bits per heavy atom. The van der Waals surface area contributed by atoms with Crippen LogP contribution in [0.2, 0.25) is 0 Å². The van der Waals surface area contributed by atoms with E-state index in [2.05, 4.69) is 34.5 Å². The average Bonchev–Trinajstić information content (AvgIpc) is 2.48. The molecular formula is C16H24N2O. The number of likely N-dealkylation sites (tertiary alicyclic amines) is 1. The van der Waals surface area contributed by atoms with E-state index in [0.29, 0.717) is 6.04 Å². The zero-order valence-corrected chi connectivity index (χ0v) is 11.8. The van der Waals surface area contributed by atoms with Crippen molar-refractivity contribution in [1.29, 1.82) is 0 Å². The van der Waals surface area contributed by atoms with E-state index in [-0.39, 0.29) is 0 Å². The molecule has 3 nitrogen and oxygen atoms in total. The lowest BCUT2D eigenvalue weighted by molar-refractivity contribution is 0.0814. The average molecular weight is 260 g/mol.